The van der Waals surface area contributed by atoms with E-state index < -0.39 is 11.2 Å². The summed E-state index contributed by atoms with van der Waals surface area (Å²) in [7, 11) is 0. The van der Waals surface area contributed by atoms with E-state index in [9.17, 15) is 10.2 Å². The average Bonchev–Trinajstić information content (AvgIpc) is 2.75. The van der Waals surface area contributed by atoms with Crippen LogP contribution in [0.1, 0.15) is 31.9 Å². The van der Waals surface area contributed by atoms with Gasteiger partial charge in [-0.05, 0) is 31.9 Å². The van der Waals surface area contributed by atoms with Gasteiger partial charge in [0.2, 0.25) is 0 Å². The minimum atomic E-state index is -1.19. The smallest absolute Gasteiger partial charge is 0.0941 e. The van der Waals surface area contributed by atoms with Crippen LogP contribution in [-0.2, 0) is 13.0 Å². The molecule has 108 valence electrons. The lowest BCUT2D eigenvalue weighted by molar-refractivity contribution is -0.118. The van der Waals surface area contributed by atoms with Crippen LogP contribution in [0.2, 0.25) is 0 Å². The van der Waals surface area contributed by atoms with E-state index in [0.29, 0.717) is 13.0 Å². The molecular weight excluding hydrogens is 252 g/mol. The summed E-state index contributed by atoms with van der Waals surface area (Å²) in [6, 6.07) is 10.1. The van der Waals surface area contributed by atoms with Crippen molar-refractivity contribution in [3.8, 4) is 0 Å². The Balaban J connectivity index is 2.06. The zero-order valence-electron chi connectivity index (χ0n) is 12.2. The fourth-order valence-electron chi connectivity index (χ4n) is 1.97. The van der Waals surface area contributed by atoms with Crippen molar-refractivity contribution in [3.05, 3.63) is 53.9 Å². The van der Waals surface area contributed by atoms with Gasteiger partial charge in [-0.2, -0.15) is 5.10 Å². The number of aliphatic hydroxyl groups is 2. The molecule has 0 amide bonds. The number of hydrogen-bond donors (Lipinski definition) is 2. The molecule has 0 fully saturated rings. The van der Waals surface area contributed by atoms with E-state index in [0.717, 1.165) is 5.56 Å². The molecule has 0 spiro atoms. The van der Waals surface area contributed by atoms with Gasteiger partial charge >= 0.3 is 0 Å². The quantitative estimate of drug-likeness (QED) is 0.876. The highest BCUT2D eigenvalue weighted by Gasteiger charge is 2.37. The number of nitrogens with zero attached hydrogens (tertiary/aromatic N) is 2. The van der Waals surface area contributed by atoms with Crippen LogP contribution in [-0.4, -0.2) is 31.2 Å². The molecule has 20 heavy (non-hydrogen) atoms. The summed E-state index contributed by atoms with van der Waals surface area (Å²) in [4.78, 5) is 0. The first kappa shape index (κ1) is 14.8. The van der Waals surface area contributed by atoms with E-state index >= 15 is 0 Å². The minimum absolute atomic E-state index is 0.366. The van der Waals surface area contributed by atoms with E-state index in [1.165, 1.54) is 5.56 Å². The lowest BCUT2D eigenvalue weighted by atomic mass is 9.83. The Morgan fingerprint density at radius 1 is 1.05 bits per heavy atom. The molecule has 1 atom stereocenters. The number of aromatic nitrogens is 2. The number of rotatable bonds is 5. The third-order valence-electron chi connectivity index (χ3n) is 3.74. The molecule has 0 aliphatic rings. The number of benzene rings is 1. The molecule has 0 bridgehead atoms. The zero-order chi connectivity index (χ0) is 14.8. The summed E-state index contributed by atoms with van der Waals surface area (Å²) in [5.41, 5.74) is -0.258. The van der Waals surface area contributed by atoms with E-state index in [1.54, 1.807) is 27.0 Å². The lowest BCUT2D eigenvalue weighted by Gasteiger charge is -2.35. The summed E-state index contributed by atoms with van der Waals surface area (Å²) in [5, 5.41) is 24.6. The normalized spacial score (nSPS) is 15.1. The van der Waals surface area contributed by atoms with E-state index in [-0.39, 0.29) is 0 Å². The second kappa shape index (κ2) is 5.38. The van der Waals surface area contributed by atoms with Crippen LogP contribution >= 0.6 is 0 Å². The van der Waals surface area contributed by atoms with Crippen molar-refractivity contribution >= 4 is 0 Å². The van der Waals surface area contributed by atoms with Gasteiger partial charge in [0.25, 0.3) is 0 Å². The molecule has 0 saturated heterocycles. The van der Waals surface area contributed by atoms with Gasteiger partial charge in [0.15, 0.2) is 0 Å². The standard InChI is InChI=1S/C16H22N2O2/c1-15(2,19)16(3,20)9-14-10-17-18(12-14)11-13-7-5-4-6-8-13/h4-8,10,12,19-20H,9,11H2,1-3H3. The van der Waals surface area contributed by atoms with Gasteiger partial charge < -0.3 is 10.2 Å². The highest BCUT2D eigenvalue weighted by molar-refractivity contribution is 5.16. The minimum Gasteiger partial charge on any atom is -0.387 e. The Kier molecular flexibility index (Phi) is 3.97. The largest absolute Gasteiger partial charge is 0.387 e. The van der Waals surface area contributed by atoms with Crippen LogP contribution in [0.15, 0.2) is 42.7 Å². The van der Waals surface area contributed by atoms with Gasteiger partial charge in [-0.1, -0.05) is 30.3 Å². The molecule has 2 N–H and O–H groups in total. The lowest BCUT2D eigenvalue weighted by Crippen LogP contribution is -2.49. The Labute approximate surface area is 119 Å². The van der Waals surface area contributed by atoms with Gasteiger partial charge in [0, 0.05) is 12.6 Å². The monoisotopic (exact) mass is 274 g/mol. The first-order chi connectivity index (χ1) is 9.28. The summed E-state index contributed by atoms with van der Waals surface area (Å²) in [6.07, 6.45) is 4.02. The number of hydrogen-bond acceptors (Lipinski definition) is 3. The van der Waals surface area contributed by atoms with Crippen molar-refractivity contribution in [1.82, 2.24) is 9.78 Å². The van der Waals surface area contributed by atoms with Crippen LogP contribution in [0.5, 0.6) is 0 Å². The molecule has 2 rings (SSSR count). The second-order valence-corrected chi connectivity index (χ2v) is 6.04. The van der Waals surface area contributed by atoms with Crippen molar-refractivity contribution < 1.29 is 10.2 Å². The molecular formula is C16H22N2O2. The maximum absolute atomic E-state index is 10.3. The maximum atomic E-state index is 10.3. The molecule has 1 aromatic heterocycles. The molecule has 0 saturated carbocycles. The molecule has 1 heterocycles. The van der Waals surface area contributed by atoms with Crippen molar-refractivity contribution in [1.29, 1.82) is 0 Å². The van der Waals surface area contributed by atoms with E-state index in [4.69, 9.17) is 0 Å². The third-order valence-corrected chi connectivity index (χ3v) is 3.74. The fraction of sp³-hybridized carbons (Fsp3) is 0.438. The van der Waals surface area contributed by atoms with Gasteiger partial charge in [-0.3, -0.25) is 4.68 Å². The highest BCUT2D eigenvalue weighted by atomic mass is 16.3. The van der Waals surface area contributed by atoms with Crippen molar-refractivity contribution in [2.75, 3.05) is 0 Å². The molecule has 4 heteroatoms. The molecule has 0 aliphatic carbocycles. The summed E-state index contributed by atoms with van der Waals surface area (Å²) in [6.45, 7) is 5.57. The molecule has 4 nitrogen and oxygen atoms in total. The van der Waals surface area contributed by atoms with Crippen LogP contribution < -0.4 is 0 Å². The van der Waals surface area contributed by atoms with Crippen molar-refractivity contribution in [3.63, 3.8) is 0 Å². The Morgan fingerprint density at radius 2 is 1.70 bits per heavy atom. The Hall–Kier alpha value is -1.65. The first-order valence-corrected chi connectivity index (χ1v) is 6.78. The van der Waals surface area contributed by atoms with Crippen LogP contribution in [0.3, 0.4) is 0 Å². The second-order valence-electron chi connectivity index (χ2n) is 6.04. The van der Waals surface area contributed by atoms with Gasteiger partial charge in [-0.15, -0.1) is 0 Å². The van der Waals surface area contributed by atoms with Crippen molar-refractivity contribution in [2.24, 2.45) is 0 Å². The predicted octanol–water partition coefficient (Wildman–Crippen LogP) is 2.00. The molecule has 0 radical (unpaired) electrons. The van der Waals surface area contributed by atoms with Gasteiger partial charge in [0.1, 0.15) is 0 Å². The third kappa shape index (κ3) is 3.46. The topological polar surface area (TPSA) is 58.3 Å². The predicted molar refractivity (Wildman–Crippen MR) is 78.4 cm³/mol. The summed E-state index contributed by atoms with van der Waals surface area (Å²) in [5.74, 6) is 0. The zero-order valence-corrected chi connectivity index (χ0v) is 12.2. The Bertz CT molecular complexity index is 553. The van der Waals surface area contributed by atoms with Crippen molar-refractivity contribution in [2.45, 2.75) is 44.9 Å². The molecule has 1 aromatic carbocycles. The Morgan fingerprint density at radius 3 is 2.30 bits per heavy atom. The van der Waals surface area contributed by atoms with E-state index in [2.05, 4.69) is 5.10 Å². The molecule has 1 unspecified atom stereocenters. The summed E-state index contributed by atoms with van der Waals surface area (Å²) < 4.78 is 1.84. The SMILES string of the molecule is CC(C)(O)C(C)(O)Cc1cnn(Cc2ccccc2)c1. The van der Waals surface area contributed by atoms with Crippen LogP contribution in [0, 0.1) is 0 Å². The maximum Gasteiger partial charge on any atom is 0.0941 e. The van der Waals surface area contributed by atoms with E-state index in [1.807, 2.05) is 41.2 Å². The highest BCUT2D eigenvalue weighted by Crippen LogP contribution is 2.25. The van der Waals surface area contributed by atoms with Gasteiger partial charge in [0.05, 0.1) is 23.9 Å². The van der Waals surface area contributed by atoms with Crippen LogP contribution in [0.4, 0.5) is 0 Å². The summed E-state index contributed by atoms with van der Waals surface area (Å²) >= 11 is 0. The van der Waals surface area contributed by atoms with Gasteiger partial charge in [-0.25, -0.2) is 0 Å². The molecule has 2 aromatic rings. The average molecular weight is 274 g/mol. The molecule has 0 aliphatic heterocycles. The van der Waals surface area contributed by atoms with Crippen LogP contribution in [0.25, 0.3) is 0 Å². The fourth-order valence-corrected chi connectivity index (χ4v) is 1.97. The first-order valence-electron chi connectivity index (χ1n) is 6.78.